The van der Waals surface area contributed by atoms with Crippen LogP contribution < -0.4 is 11.5 Å². The highest BCUT2D eigenvalue weighted by Crippen LogP contribution is 2.30. The maximum Gasteiger partial charge on any atom is 0.416 e. The molecular weight excluding hydrogens is 377 g/mol. The first kappa shape index (κ1) is 22.9. The van der Waals surface area contributed by atoms with Crippen LogP contribution in [0, 0.1) is 0 Å². The smallest absolute Gasteiger partial charge is 0.330 e. The van der Waals surface area contributed by atoms with Crippen molar-refractivity contribution in [1.82, 2.24) is 0 Å². The third kappa shape index (κ3) is 10.1. The van der Waals surface area contributed by atoms with Crippen LogP contribution in [0.4, 0.5) is 13.2 Å². The van der Waals surface area contributed by atoms with E-state index in [2.05, 4.69) is 24.3 Å². The van der Waals surface area contributed by atoms with Crippen molar-refractivity contribution in [2.75, 3.05) is 24.6 Å². The fourth-order valence-corrected chi connectivity index (χ4v) is 3.58. The molecule has 2 rings (SSSR count). The molecule has 0 heterocycles. The molecule has 0 radical (unpaired) electrons. The van der Waals surface area contributed by atoms with E-state index in [0.717, 1.165) is 47.9 Å². The van der Waals surface area contributed by atoms with Crippen LogP contribution in [0.5, 0.6) is 0 Å². The molecule has 0 aliphatic carbocycles. The maximum absolute atomic E-state index is 12.2. The SMILES string of the molecule is NCCCSc1ccc(C(F)(F)F)cc1.NCCCSc1ccccc1. The number of rotatable bonds is 8. The van der Waals surface area contributed by atoms with Crippen LogP contribution in [0.3, 0.4) is 0 Å². The molecule has 0 fully saturated rings. The van der Waals surface area contributed by atoms with Gasteiger partial charge in [-0.15, -0.1) is 23.5 Å². The van der Waals surface area contributed by atoms with Gasteiger partial charge in [-0.25, -0.2) is 0 Å². The quantitative estimate of drug-likeness (QED) is 0.466. The van der Waals surface area contributed by atoms with Crippen molar-refractivity contribution in [1.29, 1.82) is 0 Å². The summed E-state index contributed by atoms with van der Waals surface area (Å²) >= 11 is 3.38. The van der Waals surface area contributed by atoms with Gasteiger partial charge in [0.2, 0.25) is 0 Å². The van der Waals surface area contributed by atoms with E-state index in [1.807, 2.05) is 17.8 Å². The molecule has 0 spiro atoms. The highest BCUT2D eigenvalue weighted by molar-refractivity contribution is 7.99. The minimum absolute atomic E-state index is 0.605. The summed E-state index contributed by atoms with van der Waals surface area (Å²) in [6.07, 6.45) is -2.29. The van der Waals surface area contributed by atoms with E-state index in [1.54, 1.807) is 0 Å². The van der Waals surface area contributed by atoms with Gasteiger partial charge in [-0.1, -0.05) is 18.2 Å². The predicted molar refractivity (Wildman–Crippen MR) is 107 cm³/mol. The van der Waals surface area contributed by atoms with Gasteiger partial charge >= 0.3 is 6.18 Å². The van der Waals surface area contributed by atoms with E-state index < -0.39 is 11.7 Å². The van der Waals surface area contributed by atoms with Gasteiger partial charge in [-0.3, -0.25) is 0 Å². The number of hydrogen-bond donors (Lipinski definition) is 2. The Kier molecular flexibility index (Phi) is 11.5. The molecule has 2 aromatic carbocycles. The first-order valence-corrected chi connectivity index (χ1v) is 10.3. The summed E-state index contributed by atoms with van der Waals surface area (Å²) in [5, 5.41) is 0. The molecule has 7 heteroatoms. The normalized spacial score (nSPS) is 11.0. The van der Waals surface area contributed by atoms with Crippen molar-refractivity contribution in [2.24, 2.45) is 11.5 Å². The first-order valence-electron chi connectivity index (χ1n) is 8.35. The fourth-order valence-electron chi connectivity index (χ4n) is 1.80. The van der Waals surface area contributed by atoms with Gasteiger partial charge in [0.15, 0.2) is 0 Å². The number of thioether (sulfide) groups is 2. The molecule has 144 valence electrons. The summed E-state index contributed by atoms with van der Waals surface area (Å²) in [5.74, 6) is 1.96. The Morgan fingerprint density at radius 1 is 0.692 bits per heavy atom. The molecule has 0 saturated carbocycles. The Bertz CT molecular complexity index is 590. The zero-order chi connectivity index (χ0) is 19.3. The van der Waals surface area contributed by atoms with Crippen LogP contribution in [-0.4, -0.2) is 24.6 Å². The predicted octanol–water partition coefficient (Wildman–Crippen LogP) is 5.27. The molecule has 0 saturated heterocycles. The van der Waals surface area contributed by atoms with Crippen molar-refractivity contribution in [3.05, 3.63) is 60.2 Å². The van der Waals surface area contributed by atoms with E-state index in [0.29, 0.717) is 6.54 Å². The van der Waals surface area contributed by atoms with Crippen molar-refractivity contribution < 1.29 is 13.2 Å². The molecule has 0 aromatic heterocycles. The Balaban J connectivity index is 0.000000273. The summed E-state index contributed by atoms with van der Waals surface area (Å²) in [7, 11) is 0. The molecule has 0 unspecified atom stereocenters. The Morgan fingerprint density at radius 3 is 1.58 bits per heavy atom. The number of benzene rings is 2. The van der Waals surface area contributed by atoms with Gasteiger partial charge in [0.05, 0.1) is 5.56 Å². The number of nitrogens with two attached hydrogens (primary N) is 2. The van der Waals surface area contributed by atoms with Crippen molar-refractivity contribution in [3.8, 4) is 0 Å². The maximum atomic E-state index is 12.2. The highest BCUT2D eigenvalue weighted by Gasteiger charge is 2.29. The average molecular weight is 403 g/mol. The first-order chi connectivity index (χ1) is 12.5. The lowest BCUT2D eigenvalue weighted by molar-refractivity contribution is -0.137. The van der Waals surface area contributed by atoms with Crippen LogP contribution in [0.25, 0.3) is 0 Å². The molecular formula is C19H25F3N2S2. The fraction of sp³-hybridized carbons (Fsp3) is 0.368. The molecule has 0 aliphatic heterocycles. The van der Waals surface area contributed by atoms with Gasteiger partial charge in [-0.05, 0) is 73.8 Å². The van der Waals surface area contributed by atoms with Crippen LogP contribution in [-0.2, 0) is 6.18 Å². The molecule has 4 N–H and O–H groups in total. The second-order valence-corrected chi connectivity index (χ2v) is 7.65. The lowest BCUT2D eigenvalue weighted by Crippen LogP contribution is -2.04. The molecule has 0 bridgehead atoms. The van der Waals surface area contributed by atoms with Crippen molar-refractivity contribution in [3.63, 3.8) is 0 Å². The standard InChI is InChI=1S/C10H12F3NS.C9H13NS/c11-10(12,13)8-2-4-9(5-3-8)15-7-1-6-14;10-7-4-8-11-9-5-2-1-3-6-9/h2-5H,1,6-7,14H2;1-3,5-6H,4,7-8,10H2. The van der Waals surface area contributed by atoms with Crippen LogP contribution in [0.2, 0.25) is 0 Å². The van der Waals surface area contributed by atoms with Crippen molar-refractivity contribution in [2.45, 2.75) is 28.8 Å². The van der Waals surface area contributed by atoms with Gasteiger partial charge in [0, 0.05) is 9.79 Å². The monoisotopic (exact) mass is 402 g/mol. The van der Waals surface area contributed by atoms with E-state index in [-0.39, 0.29) is 0 Å². The Morgan fingerprint density at radius 2 is 1.15 bits per heavy atom. The van der Waals surface area contributed by atoms with Crippen molar-refractivity contribution >= 4 is 23.5 Å². The topological polar surface area (TPSA) is 52.0 Å². The molecule has 0 amide bonds. The molecule has 2 nitrogen and oxygen atoms in total. The second-order valence-electron chi connectivity index (χ2n) is 5.32. The van der Waals surface area contributed by atoms with Crippen LogP contribution in [0.1, 0.15) is 18.4 Å². The van der Waals surface area contributed by atoms with Gasteiger partial charge < -0.3 is 11.5 Å². The van der Waals surface area contributed by atoms with Crippen LogP contribution >= 0.6 is 23.5 Å². The van der Waals surface area contributed by atoms with Gasteiger partial charge in [-0.2, -0.15) is 13.2 Å². The average Bonchev–Trinajstić information content (AvgIpc) is 2.63. The largest absolute Gasteiger partial charge is 0.416 e. The van der Waals surface area contributed by atoms with Gasteiger partial charge in [0.25, 0.3) is 0 Å². The van der Waals surface area contributed by atoms with E-state index in [4.69, 9.17) is 11.5 Å². The van der Waals surface area contributed by atoms with E-state index in [9.17, 15) is 13.2 Å². The molecule has 2 aromatic rings. The summed E-state index contributed by atoms with van der Waals surface area (Å²) in [6, 6.07) is 15.6. The molecule has 0 aliphatic rings. The third-order valence-corrected chi connectivity index (χ3v) is 5.36. The minimum Gasteiger partial charge on any atom is -0.330 e. The summed E-state index contributed by atoms with van der Waals surface area (Å²) in [5.41, 5.74) is 10.1. The zero-order valence-electron chi connectivity index (χ0n) is 14.5. The second kappa shape index (κ2) is 13.1. The zero-order valence-corrected chi connectivity index (χ0v) is 16.2. The van der Waals surface area contributed by atoms with Crippen LogP contribution in [0.15, 0.2) is 64.4 Å². The number of alkyl halides is 3. The highest BCUT2D eigenvalue weighted by atomic mass is 32.2. The summed E-state index contributed by atoms with van der Waals surface area (Å²) in [4.78, 5) is 2.18. The summed E-state index contributed by atoms with van der Waals surface area (Å²) in [6.45, 7) is 1.40. The Hall–Kier alpha value is -1.15. The summed E-state index contributed by atoms with van der Waals surface area (Å²) < 4.78 is 36.6. The lowest BCUT2D eigenvalue weighted by atomic mass is 10.2. The lowest BCUT2D eigenvalue weighted by Gasteiger charge is -2.07. The Labute approximate surface area is 161 Å². The number of hydrogen-bond acceptors (Lipinski definition) is 4. The molecule has 0 atom stereocenters. The van der Waals surface area contributed by atoms with E-state index in [1.165, 1.54) is 28.8 Å². The number of halogens is 3. The molecule has 26 heavy (non-hydrogen) atoms. The minimum atomic E-state index is -4.25. The van der Waals surface area contributed by atoms with E-state index >= 15 is 0 Å². The van der Waals surface area contributed by atoms with Gasteiger partial charge in [0.1, 0.15) is 0 Å². The third-order valence-electron chi connectivity index (χ3n) is 3.16.